The molecule has 1 saturated heterocycles. The molecule has 0 unspecified atom stereocenters. The minimum absolute atomic E-state index is 0.0213. The van der Waals surface area contributed by atoms with Gasteiger partial charge in [0.25, 0.3) is 5.91 Å². The standard InChI is InChI=1S/C19H19Cl2N3O5S/c1-12(25)22-13-2-4-17(21)18(10-13)23-19(26)15-11-14(3-5-16(15)20)30(27,28)24-6-8-29-9-7-24/h2-5,10-11H,6-9H2,1H3,(H,22,25)(H,23,26). The molecule has 0 aliphatic carbocycles. The van der Waals surface area contributed by atoms with Gasteiger partial charge in [0, 0.05) is 25.7 Å². The zero-order valence-corrected chi connectivity index (χ0v) is 18.3. The number of carbonyl (C=O) groups excluding carboxylic acids is 2. The summed E-state index contributed by atoms with van der Waals surface area (Å²) in [6, 6.07) is 8.54. The fraction of sp³-hybridized carbons (Fsp3) is 0.263. The normalized spacial score (nSPS) is 14.9. The lowest BCUT2D eigenvalue weighted by Crippen LogP contribution is -2.40. The number of morpholine rings is 1. The minimum atomic E-state index is -3.79. The molecule has 1 aliphatic rings. The predicted molar refractivity (Wildman–Crippen MR) is 115 cm³/mol. The highest BCUT2D eigenvalue weighted by Gasteiger charge is 2.27. The van der Waals surface area contributed by atoms with Crippen molar-refractivity contribution in [2.75, 3.05) is 36.9 Å². The van der Waals surface area contributed by atoms with Crippen LogP contribution in [-0.2, 0) is 19.6 Å². The van der Waals surface area contributed by atoms with Gasteiger partial charge in [-0.1, -0.05) is 23.2 Å². The number of hydrogen-bond donors (Lipinski definition) is 2. The monoisotopic (exact) mass is 471 g/mol. The third-order valence-corrected chi connectivity index (χ3v) is 6.88. The first-order valence-electron chi connectivity index (χ1n) is 8.94. The highest BCUT2D eigenvalue weighted by molar-refractivity contribution is 7.89. The van der Waals surface area contributed by atoms with Crippen LogP contribution in [0.4, 0.5) is 11.4 Å². The van der Waals surface area contributed by atoms with Crippen LogP contribution in [0.15, 0.2) is 41.3 Å². The summed E-state index contributed by atoms with van der Waals surface area (Å²) >= 11 is 12.3. The zero-order chi connectivity index (χ0) is 21.9. The molecule has 0 saturated carbocycles. The van der Waals surface area contributed by atoms with Crippen molar-refractivity contribution in [3.8, 4) is 0 Å². The van der Waals surface area contributed by atoms with Crippen molar-refractivity contribution >= 4 is 56.4 Å². The molecule has 1 heterocycles. The molecular weight excluding hydrogens is 453 g/mol. The summed E-state index contributed by atoms with van der Waals surface area (Å²) in [6.45, 7) is 2.44. The van der Waals surface area contributed by atoms with Crippen LogP contribution in [0, 0.1) is 0 Å². The number of amides is 2. The van der Waals surface area contributed by atoms with E-state index < -0.39 is 15.9 Å². The second-order valence-corrected chi connectivity index (χ2v) is 9.24. The van der Waals surface area contributed by atoms with Gasteiger partial charge in [0.15, 0.2) is 0 Å². The fourth-order valence-electron chi connectivity index (χ4n) is 2.87. The summed E-state index contributed by atoms with van der Waals surface area (Å²) < 4.78 is 32.2. The number of anilines is 2. The number of hydrogen-bond acceptors (Lipinski definition) is 5. The van der Waals surface area contributed by atoms with E-state index in [4.69, 9.17) is 27.9 Å². The van der Waals surface area contributed by atoms with E-state index >= 15 is 0 Å². The van der Waals surface area contributed by atoms with Crippen LogP contribution in [0.1, 0.15) is 17.3 Å². The summed E-state index contributed by atoms with van der Waals surface area (Å²) in [7, 11) is -3.79. The lowest BCUT2D eigenvalue weighted by molar-refractivity contribution is -0.114. The highest BCUT2D eigenvalue weighted by atomic mass is 35.5. The second-order valence-electron chi connectivity index (χ2n) is 6.49. The SMILES string of the molecule is CC(=O)Nc1ccc(Cl)c(NC(=O)c2cc(S(=O)(=O)N3CCOCC3)ccc2Cl)c1. The maximum atomic E-state index is 12.9. The Balaban J connectivity index is 1.88. The molecular formula is C19H19Cl2N3O5S. The summed E-state index contributed by atoms with van der Waals surface area (Å²) in [5, 5.41) is 5.52. The molecule has 2 aromatic rings. The average molecular weight is 472 g/mol. The van der Waals surface area contributed by atoms with Crippen LogP contribution in [-0.4, -0.2) is 50.8 Å². The number of benzene rings is 2. The van der Waals surface area contributed by atoms with Gasteiger partial charge in [-0.15, -0.1) is 0 Å². The van der Waals surface area contributed by atoms with E-state index in [1.54, 1.807) is 6.07 Å². The first-order valence-corrected chi connectivity index (χ1v) is 11.1. The molecule has 0 spiro atoms. The topological polar surface area (TPSA) is 105 Å². The zero-order valence-electron chi connectivity index (χ0n) is 15.9. The number of nitrogens with zero attached hydrogens (tertiary/aromatic N) is 1. The first kappa shape index (κ1) is 22.5. The van der Waals surface area contributed by atoms with Crippen LogP contribution in [0.3, 0.4) is 0 Å². The number of sulfonamides is 1. The smallest absolute Gasteiger partial charge is 0.257 e. The molecule has 0 bridgehead atoms. The van der Waals surface area contributed by atoms with Crippen molar-refractivity contribution in [1.82, 2.24) is 4.31 Å². The molecule has 0 atom stereocenters. The molecule has 1 aliphatic heterocycles. The fourth-order valence-corrected chi connectivity index (χ4v) is 4.67. The van der Waals surface area contributed by atoms with E-state index in [2.05, 4.69) is 10.6 Å². The van der Waals surface area contributed by atoms with Gasteiger partial charge in [-0.25, -0.2) is 8.42 Å². The summed E-state index contributed by atoms with van der Waals surface area (Å²) in [6.07, 6.45) is 0. The maximum Gasteiger partial charge on any atom is 0.257 e. The maximum absolute atomic E-state index is 12.9. The quantitative estimate of drug-likeness (QED) is 0.696. The number of rotatable bonds is 5. The summed E-state index contributed by atoms with van der Waals surface area (Å²) in [5.41, 5.74) is 0.661. The van der Waals surface area contributed by atoms with Crippen molar-refractivity contribution < 1.29 is 22.7 Å². The Hall–Kier alpha value is -2.17. The van der Waals surface area contributed by atoms with Crippen molar-refractivity contribution in [2.24, 2.45) is 0 Å². The Morgan fingerprint density at radius 3 is 2.33 bits per heavy atom. The van der Waals surface area contributed by atoms with Gasteiger partial charge in [-0.2, -0.15) is 4.31 Å². The van der Waals surface area contributed by atoms with Crippen LogP contribution in [0.25, 0.3) is 0 Å². The molecule has 0 radical (unpaired) electrons. The van der Waals surface area contributed by atoms with Crippen molar-refractivity contribution in [1.29, 1.82) is 0 Å². The van der Waals surface area contributed by atoms with E-state index in [0.29, 0.717) is 18.9 Å². The minimum Gasteiger partial charge on any atom is -0.379 e. The lowest BCUT2D eigenvalue weighted by atomic mass is 10.2. The molecule has 2 aromatic carbocycles. The van der Waals surface area contributed by atoms with Gasteiger partial charge in [0.2, 0.25) is 15.9 Å². The van der Waals surface area contributed by atoms with Crippen LogP contribution >= 0.6 is 23.2 Å². The second kappa shape index (κ2) is 9.32. The lowest BCUT2D eigenvalue weighted by Gasteiger charge is -2.26. The molecule has 1 fully saturated rings. The van der Waals surface area contributed by atoms with Gasteiger partial charge < -0.3 is 15.4 Å². The summed E-state index contributed by atoms with van der Waals surface area (Å²) in [5.74, 6) is -0.917. The molecule has 2 amide bonds. The number of carbonyl (C=O) groups is 2. The summed E-state index contributed by atoms with van der Waals surface area (Å²) in [4.78, 5) is 24.0. The van der Waals surface area contributed by atoms with Gasteiger partial charge in [-0.3, -0.25) is 9.59 Å². The first-order chi connectivity index (χ1) is 14.2. The van der Waals surface area contributed by atoms with Crippen LogP contribution in [0.5, 0.6) is 0 Å². The average Bonchev–Trinajstić information content (AvgIpc) is 2.71. The molecule has 3 rings (SSSR count). The van der Waals surface area contributed by atoms with Gasteiger partial charge in [0.05, 0.1) is 39.4 Å². The van der Waals surface area contributed by atoms with Crippen molar-refractivity contribution in [3.05, 3.63) is 52.0 Å². The third-order valence-electron chi connectivity index (χ3n) is 4.33. The van der Waals surface area contributed by atoms with Crippen molar-refractivity contribution in [2.45, 2.75) is 11.8 Å². The van der Waals surface area contributed by atoms with E-state index in [9.17, 15) is 18.0 Å². The molecule has 2 N–H and O–H groups in total. The van der Waals surface area contributed by atoms with Crippen LogP contribution < -0.4 is 10.6 Å². The largest absolute Gasteiger partial charge is 0.379 e. The molecule has 30 heavy (non-hydrogen) atoms. The van der Waals surface area contributed by atoms with Gasteiger partial charge in [0.1, 0.15) is 0 Å². The Morgan fingerprint density at radius 2 is 1.67 bits per heavy atom. The number of ether oxygens (including phenoxy) is 1. The molecule has 0 aromatic heterocycles. The molecule has 8 nitrogen and oxygen atoms in total. The number of nitrogens with one attached hydrogen (secondary N) is 2. The Kier molecular flexibility index (Phi) is 6.99. The van der Waals surface area contributed by atoms with E-state index in [1.807, 2.05) is 0 Å². The molecule has 160 valence electrons. The van der Waals surface area contributed by atoms with Crippen molar-refractivity contribution in [3.63, 3.8) is 0 Å². The Labute approximate surface area is 184 Å². The van der Waals surface area contributed by atoms with E-state index in [-0.39, 0.29) is 45.2 Å². The van der Waals surface area contributed by atoms with E-state index in [0.717, 1.165) is 0 Å². The Bertz CT molecular complexity index is 1090. The van der Waals surface area contributed by atoms with E-state index in [1.165, 1.54) is 41.6 Å². The molecule has 11 heteroatoms. The highest BCUT2D eigenvalue weighted by Crippen LogP contribution is 2.28. The number of halogens is 2. The van der Waals surface area contributed by atoms with Gasteiger partial charge >= 0.3 is 0 Å². The predicted octanol–water partition coefficient (Wildman–Crippen LogP) is 3.23. The third kappa shape index (κ3) is 5.11. The van der Waals surface area contributed by atoms with Crippen LogP contribution in [0.2, 0.25) is 10.0 Å². The van der Waals surface area contributed by atoms with Gasteiger partial charge in [-0.05, 0) is 36.4 Å². The Morgan fingerprint density at radius 1 is 1.00 bits per heavy atom.